The Morgan fingerprint density at radius 2 is 1.71 bits per heavy atom. The summed E-state index contributed by atoms with van der Waals surface area (Å²) in [5.41, 5.74) is 2.14. The number of hydrogen-bond acceptors (Lipinski definition) is 1. The summed E-state index contributed by atoms with van der Waals surface area (Å²) < 4.78 is 2.71. The molecule has 1 nitrogen and oxygen atoms in total. The summed E-state index contributed by atoms with van der Waals surface area (Å²) in [6, 6.07) is 16.7. The van der Waals surface area contributed by atoms with Crippen molar-refractivity contribution in [3.05, 3.63) is 59.7 Å². The van der Waals surface area contributed by atoms with E-state index in [4.69, 9.17) is 0 Å². The van der Waals surface area contributed by atoms with Crippen LogP contribution >= 0.6 is 18.0 Å². The second-order valence-electron chi connectivity index (χ2n) is 3.79. The van der Waals surface area contributed by atoms with E-state index in [9.17, 15) is 4.79 Å². The Balaban J connectivity index is 2.39. The predicted octanol–water partition coefficient (Wildman–Crippen LogP) is 2.35. The fraction of sp³-hybridized carbons (Fsp3) is 0.0714. The molecule has 0 N–H and O–H groups in total. The molecule has 0 aliphatic heterocycles. The molecular weight excluding hydrogens is 520 g/mol. The van der Waals surface area contributed by atoms with Crippen LogP contribution in [-0.2, 0) is 0 Å². The normalized spacial score (nSPS) is 10.5. The standard InChI is InChI=1S/C7H5O.C7H7.Bi.HI/c8-6-7-4-2-1-3-5-7;1-7-5-3-2-4-6-7;;/h1-4,6H;3-6H,1H3;;1H/q;;+1;/p-1. The van der Waals surface area contributed by atoms with Crippen molar-refractivity contribution in [2.24, 2.45) is 0 Å². The van der Waals surface area contributed by atoms with Gasteiger partial charge < -0.3 is 0 Å². The molecule has 0 spiro atoms. The number of aryl methyl sites for hydroxylation is 1. The SMILES string of the molecule is Cc1cc[c]([Bi]([I])[c]2ccccc2C=O)cc1. The van der Waals surface area contributed by atoms with Crippen LogP contribution in [0.3, 0.4) is 0 Å². The van der Waals surface area contributed by atoms with Gasteiger partial charge in [0.1, 0.15) is 0 Å². The third kappa shape index (κ3) is 3.14. The number of hydrogen-bond donors (Lipinski definition) is 0. The van der Waals surface area contributed by atoms with Crippen LogP contribution < -0.4 is 6.54 Å². The molecule has 0 atom stereocenters. The van der Waals surface area contributed by atoms with Gasteiger partial charge in [-0.05, 0) is 0 Å². The summed E-state index contributed by atoms with van der Waals surface area (Å²) in [4.78, 5) is 11.0. The van der Waals surface area contributed by atoms with Crippen molar-refractivity contribution in [1.29, 1.82) is 0 Å². The quantitative estimate of drug-likeness (QED) is 0.338. The molecule has 0 amide bonds. The summed E-state index contributed by atoms with van der Waals surface area (Å²) in [6.07, 6.45) is 0.977. The van der Waals surface area contributed by atoms with Gasteiger partial charge in [-0.15, -0.1) is 0 Å². The van der Waals surface area contributed by atoms with Crippen LogP contribution in [0.4, 0.5) is 0 Å². The molecule has 2 aromatic rings. The van der Waals surface area contributed by atoms with E-state index in [1.54, 1.807) is 0 Å². The Hall–Kier alpha value is -0.277. The van der Waals surface area contributed by atoms with Crippen molar-refractivity contribution in [2.45, 2.75) is 6.92 Å². The van der Waals surface area contributed by atoms with Gasteiger partial charge in [0.2, 0.25) is 0 Å². The van der Waals surface area contributed by atoms with Gasteiger partial charge in [0.05, 0.1) is 0 Å². The molecule has 2 aromatic carbocycles. The molecular formula is C14H12BiIO. The van der Waals surface area contributed by atoms with Crippen LogP contribution in [0.15, 0.2) is 48.5 Å². The van der Waals surface area contributed by atoms with Crippen LogP contribution in [0.2, 0.25) is 0 Å². The van der Waals surface area contributed by atoms with Gasteiger partial charge in [-0.25, -0.2) is 0 Å². The average Bonchev–Trinajstić information content (AvgIpc) is 2.39. The van der Waals surface area contributed by atoms with E-state index < -0.39 is 17.6 Å². The minimum absolute atomic E-state index is 0.861. The number of aldehydes is 1. The minimum atomic E-state index is -1.95. The van der Waals surface area contributed by atoms with Crippen LogP contribution in [0.25, 0.3) is 0 Å². The Labute approximate surface area is 119 Å². The van der Waals surface area contributed by atoms with Crippen LogP contribution in [0.1, 0.15) is 15.9 Å². The molecule has 0 aromatic heterocycles. The first kappa shape index (κ1) is 13.2. The van der Waals surface area contributed by atoms with Gasteiger partial charge >= 0.3 is 120 Å². The van der Waals surface area contributed by atoms with E-state index >= 15 is 0 Å². The molecule has 0 heterocycles. The van der Waals surface area contributed by atoms with Crippen LogP contribution in [0, 0.1) is 6.92 Å². The maximum absolute atomic E-state index is 11.0. The molecule has 0 bridgehead atoms. The fourth-order valence-corrected chi connectivity index (χ4v) is 13.2. The molecule has 0 aliphatic rings. The van der Waals surface area contributed by atoms with Gasteiger partial charge in [-0.3, -0.25) is 0 Å². The first-order valence-corrected chi connectivity index (χ1v) is 18.5. The number of carbonyl (C=O) groups is 1. The third-order valence-electron chi connectivity index (χ3n) is 2.54. The Bertz CT molecular complexity index is 522. The van der Waals surface area contributed by atoms with Gasteiger partial charge in [-0.1, -0.05) is 0 Å². The first-order chi connectivity index (χ1) is 8.22. The predicted molar refractivity (Wildman–Crippen MR) is 82.1 cm³/mol. The van der Waals surface area contributed by atoms with E-state index in [1.807, 2.05) is 18.2 Å². The van der Waals surface area contributed by atoms with E-state index in [-0.39, 0.29) is 0 Å². The Morgan fingerprint density at radius 3 is 2.35 bits per heavy atom. The molecule has 0 fully saturated rings. The topological polar surface area (TPSA) is 17.1 Å². The molecule has 0 saturated heterocycles. The Kier molecular flexibility index (Phi) is 4.69. The third-order valence-corrected chi connectivity index (χ3v) is 18.1. The van der Waals surface area contributed by atoms with Crippen LogP contribution in [-0.4, -0.2) is 23.8 Å². The first-order valence-electron chi connectivity index (χ1n) is 5.29. The summed E-state index contributed by atoms with van der Waals surface area (Å²) in [5.74, 6) is 0. The Morgan fingerprint density at radius 1 is 1.06 bits per heavy atom. The molecule has 3 heteroatoms. The van der Waals surface area contributed by atoms with Gasteiger partial charge in [0.15, 0.2) is 0 Å². The van der Waals surface area contributed by atoms with Crippen molar-refractivity contribution in [3.63, 3.8) is 0 Å². The fourth-order valence-electron chi connectivity index (χ4n) is 1.58. The molecule has 2 rings (SSSR count). The molecule has 86 valence electrons. The summed E-state index contributed by atoms with van der Waals surface area (Å²) in [6.45, 7) is 2.10. The number of carbonyl (C=O) groups excluding carboxylic acids is 1. The summed E-state index contributed by atoms with van der Waals surface area (Å²) in [5, 5.41) is 0. The van der Waals surface area contributed by atoms with Gasteiger partial charge in [0, 0.05) is 0 Å². The zero-order valence-electron chi connectivity index (χ0n) is 9.43. The second kappa shape index (κ2) is 6.06. The zero-order chi connectivity index (χ0) is 12.3. The monoisotopic (exact) mass is 532 g/mol. The number of benzene rings is 2. The average molecular weight is 532 g/mol. The van der Waals surface area contributed by atoms with Crippen LogP contribution in [0.5, 0.6) is 0 Å². The van der Waals surface area contributed by atoms with Crippen molar-refractivity contribution < 1.29 is 4.79 Å². The van der Waals surface area contributed by atoms with E-state index in [0.29, 0.717) is 0 Å². The number of rotatable bonds is 3. The molecule has 0 saturated carbocycles. The molecule has 17 heavy (non-hydrogen) atoms. The summed E-state index contributed by atoms with van der Waals surface area (Å²) in [7, 11) is 0. The van der Waals surface area contributed by atoms with Gasteiger partial charge in [-0.2, -0.15) is 0 Å². The summed E-state index contributed by atoms with van der Waals surface area (Å²) >= 11 is 0.633. The number of halogens is 1. The van der Waals surface area contributed by atoms with E-state index in [1.165, 1.54) is 12.1 Å². The van der Waals surface area contributed by atoms with Crippen molar-refractivity contribution in [3.8, 4) is 0 Å². The zero-order valence-corrected chi connectivity index (χ0v) is 15.1. The molecule has 0 radical (unpaired) electrons. The maximum atomic E-state index is 11.0. The molecule has 0 unspecified atom stereocenters. The molecule has 0 aliphatic carbocycles. The van der Waals surface area contributed by atoms with Crippen molar-refractivity contribution in [1.82, 2.24) is 0 Å². The second-order valence-corrected chi connectivity index (χ2v) is 18.3. The van der Waals surface area contributed by atoms with E-state index in [2.05, 4.69) is 55.3 Å². The van der Waals surface area contributed by atoms with E-state index in [0.717, 1.165) is 11.8 Å². The van der Waals surface area contributed by atoms with Gasteiger partial charge in [0.25, 0.3) is 0 Å². The van der Waals surface area contributed by atoms with Crippen molar-refractivity contribution in [2.75, 3.05) is 0 Å². The van der Waals surface area contributed by atoms with Crippen molar-refractivity contribution >= 4 is 48.4 Å².